The standard InChI is InChI=1S/C19H18N6O2S/c1-12-22-18(24-27-12)13-6-5-9-20-19(13)28-11-17(26)21-10-16-23-14-7-3-4-8-15(14)25(16)2/h3-9H,10-11H2,1-2H3,(H,21,26). The monoisotopic (exact) mass is 394 g/mol. The van der Waals surface area contributed by atoms with Crippen molar-refractivity contribution in [2.24, 2.45) is 7.05 Å². The molecule has 4 aromatic rings. The van der Waals surface area contributed by atoms with Crippen molar-refractivity contribution in [3.8, 4) is 11.4 Å². The molecule has 0 aliphatic rings. The van der Waals surface area contributed by atoms with Crippen molar-refractivity contribution >= 4 is 28.7 Å². The molecule has 1 aromatic carbocycles. The van der Waals surface area contributed by atoms with Crippen molar-refractivity contribution in [2.45, 2.75) is 18.5 Å². The van der Waals surface area contributed by atoms with E-state index in [1.807, 2.05) is 41.9 Å². The predicted molar refractivity (Wildman–Crippen MR) is 106 cm³/mol. The summed E-state index contributed by atoms with van der Waals surface area (Å²) in [5.74, 6) is 1.88. The third kappa shape index (κ3) is 3.74. The van der Waals surface area contributed by atoms with Gasteiger partial charge in [0, 0.05) is 20.2 Å². The number of nitrogens with one attached hydrogen (secondary N) is 1. The van der Waals surface area contributed by atoms with E-state index in [0.29, 0.717) is 23.3 Å². The maximum atomic E-state index is 12.3. The van der Waals surface area contributed by atoms with Crippen LogP contribution in [-0.4, -0.2) is 36.3 Å². The van der Waals surface area contributed by atoms with E-state index >= 15 is 0 Å². The third-order valence-corrected chi connectivity index (χ3v) is 5.21. The van der Waals surface area contributed by atoms with E-state index in [-0.39, 0.29) is 11.7 Å². The molecule has 9 heteroatoms. The Morgan fingerprint density at radius 2 is 2.07 bits per heavy atom. The van der Waals surface area contributed by atoms with E-state index in [2.05, 4.69) is 25.4 Å². The number of thioether (sulfide) groups is 1. The molecular formula is C19H18N6O2S. The summed E-state index contributed by atoms with van der Waals surface area (Å²) in [5.41, 5.74) is 2.69. The van der Waals surface area contributed by atoms with Gasteiger partial charge in [-0.2, -0.15) is 4.98 Å². The van der Waals surface area contributed by atoms with E-state index in [9.17, 15) is 4.79 Å². The Labute approximate surface area is 165 Å². The number of hydrogen-bond donors (Lipinski definition) is 1. The first kappa shape index (κ1) is 18.2. The van der Waals surface area contributed by atoms with Crippen LogP contribution in [0.2, 0.25) is 0 Å². The van der Waals surface area contributed by atoms with Crippen LogP contribution in [0.1, 0.15) is 11.7 Å². The van der Waals surface area contributed by atoms with Crippen LogP contribution in [0.3, 0.4) is 0 Å². The number of hydrogen-bond acceptors (Lipinski definition) is 7. The molecule has 142 valence electrons. The quantitative estimate of drug-likeness (QED) is 0.502. The smallest absolute Gasteiger partial charge is 0.230 e. The molecule has 0 atom stereocenters. The Morgan fingerprint density at radius 1 is 1.21 bits per heavy atom. The average Bonchev–Trinajstić information content (AvgIpc) is 3.28. The van der Waals surface area contributed by atoms with E-state index in [0.717, 1.165) is 22.4 Å². The van der Waals surface area contributed by atoms with Crippen LogP contribution in [0.4, 0.5) is 0 Å². The number of carbonyl (C=O) groups excluding carboxylic acids is 1. The van der Waals surface area contributed by atoms with Crippen molar-refractivity contribution in [1.29, 1.82) is 0 Å². The molecule has 0 aliphatic carbocycles. The minimum absolute atomic E-state index is 0.0991. The van der Waals surface area contributed by atoms with Gasteiger partial charge in [0.1, 0.15) is 10.9 Å². The molecule has 0 radical (unpaired) electrons. The number of aromatic nitrogens is 5. The number of nitrogens with zero attached hydrogens (tertiary/aromatic N) is 5. The van der Waals surface area contributed by atoms with E-state index < -0.39 is 0 Å². The van der Waals surface area contributed by atoms with Gasteiger partial charge in [-0.1, -0.05) is 29.1 Å². The van der Waals surface area contributed by atoms with E-state index in [1.54, 1.807) is 19.2 Å². The summed E-state index contributed by atoms with van der Waals surface area (Å²) in [6.07, 6.45) is 1.68. The van der Waals surface area contributed by atoms with E-state index in [4.69, 9.17) is 4.52 Å². The fourth-order valence-corrected chi connectivity index (χ4v) is 3.62. The van der Waals surface area contributed by atoms with Gasteiger partial charge in [-0.25, -0.2) is 9.97 Å². The molecule has 0 saturated heterocycles. The number of pyridine rings is 1. The highest BCUT2D eigenvalue weighted by Gasteiger charge is 2.14. The fraction of sp³-hybridized carbons (Fsp3) is 0.211. The largest absolute Gasteiger partial charge is 0.348 e. The maximum absolute atomic E-state index is 12.3. The number of fused-ring (bicyclic) bond motifs is 1. The highest BCUT2D eigenvalue weighted by atomic mass is 32.2. The summed E-state index contributed by atoms with van der Waals surface area (Å²) in [6.45, 7) is 2.10. The average molecular weight is 394 g/mol. The molecule has 28 heavy (non-hydrogen) atoms. The van der Waals surface area contributed by atoms with Crippen molar-refractivity contribution < 1.29 is 9.32 Å². The van der Waals surface area contributed by atoms with Gasteiger partial charge in [-0.05, 0) is 24.3 Å². The lowest BCUT2D eigenvalue weighted by Crippen LogP contribution is -2.26. The lowest BCUT2D eigenvalue weighted by molar-refractivity contribution is -0.118. The van der Waals surface area contributed by atoms with Gasteiger partial charge in [0.25, 0.3) is 0 Å². The molecule has 0 spiro atoms. The molecule has 3 aromatic heterocycles. The highest BCUT2D eigenvalue weighted by Crippen LogP contribution is 2.27. The highest BCUT2D eigenvalue weighted by molar-refractivity contribution is 8.00. The van der Waals surface area contributed by atoms with Crippen molar-refractivity contribution in [2.75, 3.05) is 5.75 Å². The first-order valence-corrected chi connectivity index (χ1v) is 9.66. The summed E-state index contributed by atoms with van der Waals surface area (Å²) < 4.78 is 7.02. The third-order valence-electron chi connectivity index (χ3n) is 4.20. The predicted octanol–water partition coefficient (Wildman–Crippen LogP) is 2.74. The summed E-state index contributed by atoms with van der Waals surface area (Å²) in [6, 6.07) is 11.5. The number of aryl methyl sites for hydroxylation is 2. The van der Waals surface area contributed by atoms with Gasteiger partial charge in [-0.15, -0.1) is 0 Å². The van der Waals surface area contributed by atoms with Crippen LogP contribution in [0.15, 0.2) is 52.1 Å². The molecular weight excluding hydrogens is 376 g/mol. The van der Waals surface area contributed by atoms with Gasteiger partial charge >= 0.3 is 0 Å². The van der Waals surface area contributed by atoms with Crippen molar-refractivity contribution in [3.05, 3.63) is 54.3 Å². The molecule has 0 aliphatic heterocycles. The second kappa shape index (κ2) is 7.81. The van der Waals surface area contributed by atoms with Crippen LogP contribution >= 0.6 is 11.8 Å². The van der Waals surface area contributed by atoms with Crippen LogP contribution in [-0.2, 0) is 18.4 Å². The van der Waals surface area contributed by atoms with Gasteiger partial charge < -0.3 is 14.4 Å². The topological polar surface area (TPSA) is 98.7 Å². The number of imidazole rings is 1. The maximum Gasteiger partial charge on any atom is 0.230 e. The molecule has 0 fully saturated rings. The van der Waals surface area contributed by atoms with Crippen molar-refractivity contribution in [1.82, 2.24) is 30.0 Å². The fourth-order valence-electron chi connectivity index (χ4n) is 2.80. The minimum atomic E-state index is -0.0991. The second-order valence-corrected chi connectivity index (χ2v) is 7.10. The lowest BCUT2D eigenvalue weighted by Gasteiger charge is -2.07. The zero-order valence-corrected chi connectivity index (χ0v) is 16.2. The first-order chi connectivity index (χ1) is 13.6. The van der Waals surface area contributed by atoms with Crippen LogP contribution in [0.25, 0.3) is 22.4 Å². The van der Waals surface area contributed by atoms with E-state index in [1.165, 1.54) is 11.8 Å². The molecule has 1 amide bonds. The molecule has 1 N–H and O–H groups in total. The minimum Gasteiger partial charge on any atom is -0.348 e. The molecule has 3 heterocycles. The summed E-state index contributed by atoms with van der Waals surface area (Å²) in [7, 11) is 1.94. The van der Waals surface area contributed by atoms with Crippen LogP contribution in [0, 0.1) is 6.92 Å². The van der Waals surface area contributed by atoms with Crippen LogP contribution < -0.4 is 5.32 Å². The summed E-state index contributed by atoms with van der Waals surface area (Å²) in [4.78, 5) is 25.5. The second-order valence-electron chi connectivity index (χ2n) is 6.13. The lowest BCUT2D eigenvalue weighted by atomic mass is 10.3. The number of para-hydroxylation sites is 2. The molecule has 4 rings (SSSR count). The van der Waals surface area contributed by atoms with Gasteiger partial charge in [0.2, 0.25) is 17.6 Å². The number of benzene rings is 1. The molecule has 0 unspecified atom stereocenters. The summed E-state index contributed by atoms with van der Waals surface area (Å²) in [5, 5.41) is 7.52. The van der Waals surface area contributed by atoms with Gasteiger partial charge in [-0.3, -0.25) is 4.79 Å². The Balaban J connectivity index is 1.39. The zero-order chi connectivity index (χ0) is 19.5. The molecule has 0 bridgehead atoms. The van der Waals surface area contributed by atoms with Gasteiger partial charge in [0.15, 0.2) is 0 Å². The number of amides is 1. The molecule has 8 nitrogen and oxygen atoms in total. The zero-order valence-electron chi connectivity index (χ0n) is 15.4. The Bertz CT molecular complexity index is 1140. The number of carbonyl (C=O) groups is 1. The van der Waals surface area contributed by atoms with Crippen LogP contribution in [0.5, 0.6) is 0 Å². The Morgan fingerprint density at radius 3 is 2.86 bits per heavy atom. The Hall–Kier alpha value is -3.20. The number of rotatable bonds is 6. The SMILES string of the molecule is Cc1nc(-c2cccnc2SCC(=O)NCc2nc3ccccc3n2C)no1. The first-order valence-electron chi connectivity index (χ1n) is 8.67. The Kier molecular flexibility index (Phi) is 5.07. The summed E-state index contributed by atoms with van der Waals surface area (Å²) >= 11 is 1.33. The normalized spacial score (nSPS) is 11.1. The van der Waals surface area contributed by atoms with Gasteiger partial charge in [0.05, 0.1) is 28.9 Å². The van der Waals surface area contributed by atoms with Crippen molar-refractivity contribution in [3.63, 3.8) is 0 Å². The molecule has 0 saturated carbocycles.